The van der Waals surface area contributed by atoms with Crippen LogP contribution in [0.1, 0.15) is 11.1 Å². The number of nitrogens with zero attached hydrogens (tertiary/aromatic N) is 1. The van der Waals surface area contributed by atoms with E-state index in [0.29, 0.717) is 0 Å². The van der Waals surface area contributed by atoms with Crippen molar-refractivity contribution in [1.82, 2.24) is 0 Å². The Bertz CT molecular complexity index is 550. The molecule has 1 N–H and O–H groups in total. The number of hydrogen-bond donors (Lipinski definition) is 1. The standard InChI is InChI=1S/C15H16N2O/c1-12-6-5-8-14(10-12)17-16-11-13-7-3-4-9-15(13)18-2/h3-11,17H,1-2H3/b16-11-. The Balaban J connectivity index is 2.07. The molecule has 0 amide bonds. The van der Waals surface area contributed by atoms with Gasteiger partial charge in [0.15, 0.2) is 0 Å². The number of benzene rings is 2. The summed E-state index contributed by atoms with van der Waals surface area (Å²) < 4.78 is 5.25. The zero-order chi connectivity index (χ0) is 12.8. The second-order valence-electron chi connectivity index (χ2n) is 3.98. The fourth-order valence-corrected chi connectivity index (χ4v) is 1.66. The van der Waals surface area contributed by atoms with Gasteiger partial charge in [0.2, 0.25) is 0 Å². The molecule has 0 unspecified atom stereocenters. The molecule has 0 atom stereocenters. The van der Waals surface area contributed by atoms with Crippen LogP contribution in [0.2, 0.25) is 0 Å². The van der Waals surface area contributed by atoms with Crippen molar-refractivity contribution >= 4 is 11.9 Å². The Labute approximate surface area is 107 Å². The highest BCUT2D eigenvalue weighted by Crippen LogP contribution is 2.15. The number of aryl methyl sites for hydroxylation is 1. The summed E-state index contributed by atoms with van der Waals surface area (Å²) in [6, 6.07) is 15.8. The van der Waals surface area contributed by atoms with E-state index >= 15 is 0 Å². The lowest BCUT2D eigenvalue weighted by Gasteiger charge is -2.04. The predicted molar refractivity (Wildman–Crippen MR) is 75.4 cm³/mol. The third-order valence-corrected chi connectivity index (χ3v) is 2.55. The fourth-order valence-electron chi connectivity index (χ4n) is 1.66. The summed E-state index contributed by atoms with van der Waals surface area (Å²) in [5.74, 6) is 0.812. The number of anilines is 1. The maximum absolute atomic E-state index is 5.25. The number of ether oxygens (including phenoxy) is 1. The largest absolute Gasteiger partial charge is 0.496 e. The van der Waals surface area contributed by atoms with E-state index in [2.05, 4.69) is 23.5 Å². The van der Waals surface area contributed by atoms with E-state index in [-0.39, 0.29) is 0 Å². The molecule has 0 aliphatic rings. The van der Waals surface area contributed by atoms with Crippen LogP contribution in [0.15, 0.2) is 53.6 Å². The van der Waals surface area contributed by atoms with Gasteiger partial charge in [0.05, 0.1) is 19.0 Å². The van der Waals surface area contributed by atoms with Gasteiger partial charge in [-0.15, -0.1) is 0 Å². The van der Waals surface area contributed by atoms with E-state index in [1.54, 1.807) is 13.3 Å². The number of nitrogens with one attached hydrogen (secondary N) is 1. The quantitative estimate of drug-likeness (QED) is 0.656. The first-order chi connectivity index (χ1) is 8.79. The van der Waals surface area contributed by atoms with Gasteiger partial charge in [0, 0.05) is 5.56 Å². The highest BCUT2D eigenvalue weighted by Gasteiger charge is 1.97. The molecule has 2 aromatic rings. The van der Waals surface area contributed by atoms with Crippen LogP contribution >= 0.6 is 0 Å². The summed E-state index contributed by atoms with van der Waals surface area (Å²) >= 11 is 0. The lowest BCUT2D eigenvalue weighted by atomic mass is 10.2. The first kappa shape index (κ1) is 12.2. The number of rotatable bonds is 4. The smallest absolute Gasteiger partial charge is 0.127 e. The molecule has 0 radical (unpaired) electrons. The van der Waals surface area contributed by atoms with E-state index < -0.39 is 0 Å². The van der Waals surface area contributed by atoms with Gasteiger partial charge in [-0.1, -0.05) is 24.3 Å². The average Bonchev–Trinajstić information content (AvgIpc) is 2.39. The molecule has 0 spiro atoms. The maximum atomic E-state index is 5.25. The first-order valence-corrected chi connectivity index (χ1v) is 5.78. The number of hydrogen-bond acceptors (Lipinski definition) is 3. The molecule has 0 heterocycles. The second kappa shape index (κ2) is 5.87. The molecule has 0 aromatic heterocycles. The Morgan fingerprint density at radius 3 is 2.72 bits per heavy atom. The van der Waals surface area contributed by atoms with Crippen LogP contribution in [0.5, 0.6) is 5.75 Å². The molecule has 3 heteroatoms. The van der Waals surface area contributed by atoms with Crippen molar-refractivity contribution in [2.75, 3.05) is 12.5 Å². The minimum Gasteiger partial charge on any atom is -0.496 e. The first-order valence-electron chi connectivity index (χ1n) is 5.78. The summed E-state index contributed by atoms with van der Waals surface area (Å²) in [6.07, 6.45) is 1.75. The zero-order valence-electron chi connectivity index (χ0n) is 10.6. The molecular formula is C15H16N2O. The van der Waals surface area contributed by atoms with E-state index in [9.17, 15) is 0 Å². The minimum atomic E-state index is 0.812. The van der Waals surface area contributed by atoms with Crippen molar-refractivity contribution in [3.05, 3.63) is 59.7 Å². The third-order valence-electron chi connectivity index (χ3n) is 2.55. The third kappa shape index (κ3) is 3.10. The molecular weight excluding hydrogens is 224 g/mol. The van der Waals surface area contributed by atoms with Crippen LogP contribution < -0.4 is 10.2 Å². The van der Waals surface area contributed by atoms with Gasteiger partial charge in [0.1, 0.15) is 5.75 Å². The summed E-state index contributed by atoms with van der Waals surface area (Å²) in [6.45, 7) is 2.05. The Kier molecular flexibility index (Phi) is 3.97. The highest BCUT2D eigenvalue weighted by molar-refractivity contribution is 5.83. The number of methoxy groups -OCH3 is 1. The molecule has 0 bridgehead atoms. The van der Waals surface area contributed by atoms with Crippen LogP contribution in [-0.2, 0) is 0 Å². The van der Waals surface area contributed by atoms with Crippen molar-refractivity contribution in [2.45, 2.75) is 6.92 Å². The van der Waals surface area contributed by atoms with Crippen molar-refractivity contribution in [3.8, 4) is 5.75 Å². The second-order valence-corrected chi connectivity index (χ2v) is 3.98. The normalized spacial score (nSPS) is 10.6. The van der Waals surface area contributed by atoms with Gasteiger partial charge in [0.25, 0.3) is 0 Å². The molecule has 0 saturated carbocycles. The predicted octanol–water partition coefficient (Wildman–Crippen LogP) is 3.45. The van der Waals surface area contributed by atoms with Crippen molar-refractivity contribution in [2.24, 2.45) is 5.10 Å². The molecule has 92 valence electrons. The van der Waals surface area contributed by atoms with Crippen LogP contribution in [-0.4, -0.2) is 13.3 Å². The van der Waals surface area contributed by atoms with E-state index in [0.717, 1.165) is 17.0 Å². The van der Waals surface area contributed by atoms with Gasteiger partial charge < -0.3 is 4.74 Å². The van der Waals surface area contributed by atoms with E-state index in [4.69, 9.17) is 4.74 Å². The molecule has 0 aliphatic heterocycles. The molecule has 0 aliphatic carbocycles. The summed E-state index contributed by atoms with van der Waals surface area (Å²) in [4.78, 5) is 0. The van der Waals surface area contributed by atoms with Crippen LogP contribution in [0, 0.1) is 6.92 Å². The van der Waals surface area contributed by atoms with Crippen molar-refractivity contribution < 1.29 is 4.74 Å². The number of hydrazone groups is 1. The fraction of sp³-hybridized carbons (Fsp3) is 0.133. The maximum Gasteiger partial charge on any atom is 0.127 e. The SMILES string of the molecule is COc1ccccc1/C=N\Nc1cccc(C)c1. The lowest BCUT2D eigenvalue weighted by molar-refractivity contribution is 0.414. The topological polar surface area (TPSA) is 33.6 Å². The Morgan fingerprint density at radius 1 is 1.11 bits per heavy atom. The Morgan fingerprint density at radius 2 is 1.94 bits per heavy atom. The molecule has 2 rings (SSSR count). The van der Waals surface area contributed by atoms with Crippen molar-refractivity contribution in [1.29, 1.82) is 0 Å². The minimum absolute atomic E-state index is 0.812. The van der Waals surface area contributed by atoms with E-state index in [1.165, 1.54) is 5.56 Å². The Hall–Kier alpha value is -2.29. The summed E-state index contributed by atoms with van der Waals surface area (Å²) in [5.41, 5.74) is 6.12. The van der Waals surface area contributed by atoms with Crippen LogP contribution in [0.3, 0.4) is 0 Å². The van der Waals surface area contributed by atoms with E-state index in [1.807, 2.05) is 42.5 Å². The van der Waals surface area contributed by atoms with Crippen LogP contribution in [0.25, 0.3) is 0 Å². The molecule has 0 fully saturated rings. The molecule has 2 aromatic carbocycles. The van der Waals surface area contributed by atoms with Gasteiger partial charge >= 0.3 is 0 Å². The zero-order valence-corrected chi connectivity index (χ0v) is 10.6. The highest BCUT2D eigenvalue weighted by atomic mass is 16.5. The van der Waals surface area contributed by atoms with Crippen molar-refractivity contribution in [3.63, 3.8) is 0 Å². The lowest BCUT2D eigenvalue weighted by Crippen LogP contribution is -1.93. The van der Waals surface area contributed by atoms with Gasteiger partial charge in [-0.2, -0.15) is 5.10 Å². The number of para-hydroxylation sites is 1. The summed E-state index contributed by atoms with van der Waals surface area (Å²) in [5, 5.41) is 4.21. The van der Waals surface area contributed by atoms with Gasteiger partial charge in [-0.25, -0.2) is 0 Å². The van der Waals surface area contributed by atoms with Crippen LogP contribution in [0.4, 0.5) is 5.69 Å². The monoisotopic (exact) mass is 240 g/mol. The molecule has 0 saturated heterocycles. The van der Waals surface area contributed by atoms with Gasteiger partial charge in [-0.05, 0) is 36.8 Å². The van der Waals surface area contributed by atoms with Gasteiger partial charge in [-0.3, -0.25) is 5.43 Å². The molecule has 3 nitrogen and oxygen atoms in total. The molecule has 18 heavy (non-hydrogen) atoms. The average molecular weight is 240 g/mol. The summed E-state index contributed by atoms with van der Waals surface area (Å²) in [7, 11) is 1.65.